The second kappa shape index (κ2) is 6.26. The zero-order chi connectivity index (χ0) is 12.8. The molecule has 3 nitrogen and oxygen atoms in total. The van der Waals surface area contributed by atoms with Gasteiger partial charge in [-0.1, -0.05) is 18.2 Å². The Morgan fingerprint density at radius 2 is 2.17 bits per heavy atom. The van der Waals surface area contributed by atoms with E-state index in [9.17, 15) is 0 Å². The minimum absolute atomic E-state index is 0.324. The molecule has 0 radical (unpaired) electrons. The molecule has 0 aliphatic rings. The largest absolute Gasteiger partial charge is 0.313 e. The van der Waals surface area contributed by atoms with E-state index in [1.165, 1.54) is 5.56 Å². The van der Waals surface area contributed by atoms with E-state index in [1.54, 1.807) is 12.4 Å². The Hall–Kier alpha value is -1.74. The van der Waals surface area contributed by atoms with Gasteiger partial charge in [-0.2, -0.15) is 0 Å². The summed E-state index contributed by atoms with van der Waals surface area (Å²) < 4.78 is 0. The first kappa shape index (κ1) is 12.7. The molecule has 0 spiro atoms. The highest BCUT2D eigenvalue weighted by Gasteiger charge is 2.12. The molecule has 0 saturated carbocycles. The maximum absolute atomic E-state index is 4.46. The van der Waals surface area contributed by atoms with E-state index in [0.717, 1.165) is 30.3 Å². The van der Waals surface area contributed by atoms with Gasteiger partial charge in [0.15, 0.2) is 0 Å². The van der Waals surface area contributed by atoms with Crippen LogP contribution in [0, 0.1) is 0 Å². The van der Waals surface area contributed by atoms with Crippen LogP contribution in [0.2, 0.25) is 0 Å². The monoisotopic (exact) mass is 241 g/mol. The van der Waals surface area contributed by atoms with Crippen molar-refractivity contribution in [1.29, 1.82) is 0 Å². The molecule has 1 aromatic heterocycles. The highest BCUT2D eigenvalue weighted by Crippen LogP contribution is 2.24. The third-order valence-corrected chi connectivity index (χ3v) is 3.15. The van der Waals surface area contributed by atoms with Crippen LogP contribution < -0.4 is 5.32 Å². The standard InChI is InChI=1S/C15H19N3/c1-3-4-5-8-13(16-2)12-7-6-9-14-15(12)18-11-10-17-14/h3,6-7,9-11,13,16H,1,4-5,8H2,2H3. The maximum atomic E-state index is 4.46. The Bertz CT molecular complexity index is 517. The van der Waals surface area contributed by atoms with E-state index >= 15 is 0 Å². The number of benzene rings is 1. The zero-order valence-corrected chi connectivity index (χ0v) is 10.8. The number of allylic oxidation sites excluding steroid dienone is 1. The molecular weight excluding hydrogens is 222 g/mol. The van der Waals surface area contributed by atoms with Crippen LogP contribution in [0.1, 0.15) is 30.9 Å². The molecule has 2 aromatic rings. The number of para-hydroxylation sites is 1. The van der Waals surface area contributed by atoms with Crippen molar-refractivity contribution in [3.05, 3.63) is 48.8 Å². The molecule has 0 saturated heterocycles. The summed E-state index contributed by atoms with van der Waals surface area (Å²) in [7, 11) is 1.99. The first-order valence-corrected chi connectivity index (χ1v) is 6.34. The minimum Gasteiger partial charge on any atom is -0.313 e. The number of unbranched alkanes of at least 4 members (excludes halogenated alkanes) is 1. The van der Waals surface area contributed by atoms with Crippen molar-refractivity contribution in [2.75, 3.05) is 7.05 Å². The van der Waals surface area contributed by atoms with Crippen LogP contribution >= 0.6 is 0 Å². The van der Waals surface area contributed by atoms with E-state index in [0.29, 0.717) is 6.04 Å². The molecular formula is C15H19N3. The highest BCUT2D eigenvalue weighted by atomic mass is 14.9. The molecule has 94 valence electrons. The normalized spacial score (nSPS) is 12.5. The Labute approximate surface area is 108 Å². The lowest BCUT2D eigenvalue weighted by atomic mass is 9.99. The lowest BCUT2D eigenvalue weighted by molar-refractivity contribution is 0.532. The van der Waals surface area contributed by atoms with Crippen molar-refractivity contribution in [3.63, 3.8) is 0 Å². The molecule has 18 heavy (non-hydrogen) atoms. The molecule has 1 atom stereocenters. The lowest BCUT2D eigenvalue weighted by Gasteiger charge is -2.17. The summed E-state index contributed by atoms with van der Waals surface area (Å²) in [4.78, 5) is 8.80. The summed E-state index contributed by atoms with van der Waals surface area (Å²) in [6.45, 7) is 3.76. The number of hydrogen-bond donors (Lipinski definition) is 1. The van der Waals surface area contributed by atoms with Crippen molar-refractivity contribution in [2.24, 2.45) is 0 Å². The van der Waals surface area contributed by atoms with Gasteiger partial charge in [0, 0.05) is 18.4 Å². The lowest BCUT2D eigenvalue weighted by Crippen LogP contribution is -2.17. The Kier molecular flexibility index (Phi) is 4.42. The SMILES string of the molecule is C=CCCCC(NC)c1cccc2nccnc12. The third-order valence-electron chi connectivity index (χ3n) is 3.15. The van der Waals surface area contributed by atoms with Gasteiger partial charge in [-0.05, 0) is 37.9 Å². The Morgan fingerprint density at radius 3 is 2.94 bits per heavy atom. The van der Waals surface area contributed by atoms with Crippen LogP contribution in [0.4, 0.5) is 0 Å². The van der Waals surface area contributed by atoms with E-state index < -0.39 is 0 Å². The van der Waals surface area contributed by atoms with E-state index in [2.05, 4.69) is 27.9 Å². The first-order valence-electron chi connectivity index (χ1n) is 6.34. The topological polar surface area (TPSA) is 37.8 Å². The average molecular weight is 241 g/mol. The van der Waals surface area contributed by atoms with Gasteiger partial charge in [0.1, 0.15) is 0 Å². The smallest absolute Gasteiger partial charge is 0.0934 e. The molecule has 0 amide bonds. The summed E-state index contributed by atoms with van der Waals surface area (Å²) >= 11 is 0. The van der Waals surface area contributed by atoms with E-state index in [1.807, 2.05) is 25.3 Å². The molecule has 0 aliphatic carbocycles. The summed E-state index contributed by atoms with van der Waals surface area (Å²) in [5, 5.41) is 3.37. The molecule has 3 heteroatoms. The quantitative estimate of drug-likeness (QED) is 0.623. The number of fused-ring (bicyclic) bond motifs is 1. The second-order valence-corrected chi connectivity index (χ2v) is 4.33. The predicted molar refractivity (Wildman–Crippen MR) is 75.4 cm³/mol. The second-order valence-electron chi connectivity index (χ2n) is 4.33. The van der Waals surface area contributed by atoms with Gasteiger partial charge in [-0.15, -0.1) is 6.58 Å². The fourth-order valence-electron chi connectivity index (χ4n) is 2.22. The van der Waals surface area contributed by atoms with Crippen LogP contribution in [0.25, 0.3) is 11.0 Å². The number of hydrogen-bond acceptors (Lipinski definition) is 3. The van der Waals surface area contributed by atoms with Crippen LogP contribution in [-0.4, -0.2) is 17.0 Å². The van der Waals surface area contributed by atoms with Crippen molar-refractivity contribution >= 4 is 11.0 Å². The average Bonchev–Trinajstić information content (AvgIpc) is 2.43. The van der Waals surface area contributed by atoms with Crippen LogP contribution in [-0.2, 0) is 0 Å². The van der Waals surface area contributed by atoms with Gasteiger partial charge >= 0.3 is 0 Å². The fourth-order valence-corrected chi connectivity index (χ4v) is 2.22. The van der Waals surface area contributed by atoms with Gasteiger partial charge < -0.3 is 5.32 Å². The third kappa shape index (κ3) is 2.74. The van der Waals surface area contributed by atoms with Crippen molar-refractivity contribution in [2.45, 2.75) is 25.3 Å². The van der Waals surface area contributed by atoms with E-state index in [4.69, 9.17) is 0 Å². The number of aromatic nitrogens is 2. The summed E-state index contributed by atoms with van der Waals surface area (Å²) in [6.07, 6.45) is 8.72. The Balaban J connectivity index is 2.29. The molecule has 0 fully saturated rings. The van der Waals surface area contributed by atoms with Crippen molar-refractivity contribution < 1.29 is 0 Å². The minimum atomic E-state index is 0.324. The molecule has 1 heterocycles. The number of nitrogens with zero attached hydrogens (tertiary/aromatic N) is 2. The van der Waals surface area contributed by atoms with Gasteiger partial charge in [0.05, 0.1) is 11.0 Å². The molecule has 1 N–H and O–H groups in total. The molecule has 2 rings (SSSR count). The molecule has 0 aliphatic heterocycles. The van der Waals surface area contributed by atoms with Crippen molar-refractivity contribution in [3.8, 4) is 0 Å². The van der Waals surface area contributed by atoms with Crippen molar-refractivity contribution in [1.82, 2.24) is 15.3 Å². The van der Waals surface area contributed by atoms with Crippen LogP contribution in [0.3, 0.4) is 0 Å². The highest BCUT2D eigenvalue weighted by molar-refractivity contribution is 5.78. The van der Waals surface area contributed by atoms with Gasteiger partial charge in [0.25, 0.3) is 0 Å². The summed E-state index contributed by atoms with van der Waals surface area (Å²) in [6, 6.07) is 6.50. The van der Waals surface area contributed by atoms with Crippen LogP contribution in [0.15, 0.2) is 43.2 Å². The van der Waals surface area contributed by atoms with Crippen LogP contribution in [0.5, 0.6) is 0 Å². The molecule has 0 bridgehead atoms. The van der Waals surface area contributed by atoms with Gasteiger partial charge in [-0.3, -0.25) is 9.97 Å². The van der Waals surface area contributed by atoms with Gasteiger partial charge in [0.2, 0.25) is 0 Å². The first-order chi connectivity index (χ1) is 8.86. The summed E-state index contributed by atoms with van der Waals surface area (Å²) in [5.74, 6) is 0. The summed E-state index contributed by atoms with van der Waals surface area (Å²) in [5.41, 5.74) is 3.18. The fraction of sp³-hybridized carbons (Fsp3) is 0.333. The molecule has 1 aromatic carbocycles. The van der Waals surface area contributed by atoms with Gasteiger partial charge in [-0.25, -0.2) is 0 Å². The number of nitrogens with one attached hydrogen (secondary N) is 1. The predicted octanol–water partition coefficient (Wildman–Crippen LogP) is 3.25. The maximum Gasteiger partial charge on any atom is 0.0934 e. The number of rotatable bonds is 6. The van der Waals surface area contributed by atoms with E-state index in [-0.39, 0.29) is 0 Å². The molecule has 1 unspecified atom stereocenters. The zero-order valence-electron chi connectivity index (χ0n) is 10.8. The Morgan fingerprint density at radius 1 is 1.33 bits per heavy atom.